The number of ketones is 1. The number of allylic oxidation sites excluding steroid dienone is 3. The van der Waals surface area contributed by atoms with E-state index < -0.39 is 5.60 Å². The molecular formula is C24H26N2O3. The van der Waals surface area contributed by atoms with Crippen molar-refractivity contribution in [2.45, 2.75) is 58.1 Å². The molecule has 0 bridgehead atoms. The molecule has 5 heteroatoms. The fraction of sp³-hybridized carbons (Fsp3) is 0.417. The highest BCUT2D eigenvalue weighted by atomic mass is 16.6. The predicted octanol–water partition coefficient (Wildman–Crippen LogP) is 4.90. The van der Waals surface area contributed by atoms with E-state index >= 15 is 0 Å². The molecule has 2 aliphatic heterocycles. The highest BCUT2D eigenvalue weighted by molar-refractivity contribution is 6.00. The van der Waals surface area contributed by atoms with Crippen molar-refractivity contribution in [2.24, 2.45) is 0 Å². The van der Waals surface area contributed by atoms with Crippen molar-refractivity contribution in [3.63, 3.8) is 0 Å². The summed E-state index contributed by atoms with van der Waals surface area (Å²) in [7, 11) is 0. The highest BCUT2D eigenvalue weighted by Crippen LogP contribution is 2.44. The molecule has 1 aromatic heterocycles. The number of ether oxygens (including phenoxy) is 1. The number of Topliss-reactive ketones (excluding diaryl/α,β-unsaturated/α-hetero) is 1. The molecule has 2 aromatic rings. The van der Waals surface area contributed by atoms with E-state index in [2.05, 4.69) is 17.0 Å². The number of hydrogen-bond donors (Lipinski definition) is 0. The van der Waals surface area contributed by atoms with Crippen molar-refractivity contribution < 1.29 is 14.3 Å². The molecule has 5 nitrogen and oxygen atoms in total. The van der Waals surface area contributed by atoms with E-state index in [0.717, 1.165) is 53.7 Å². The second kappa shape index (κ2) is 6.34. The zero-order valence-electron chi connectivity index (χ0n) is 17.2. The summed E-state index contributed by atoms with van der Waals surface area (Å²) in [4.78, 5) is 28.0. The lowest BCUT2D eigenvalue weighted by Gasteiger charge is -2.42. The number of aromatic nitrogens is 1. The number of benzene rings is 1. The van der Waals surface area contributed by atoms with Gasteiger partial charge in [-0.25, -0.2) is 9.36 Å². The Hall–Kier alpha value is -2.82. The molecule has 3 aliphatic rings. The summed E-state index contributed by atoms with van der Waals surface area (Å²) < 4.78 is 7.53. The first-order chi connectivity index (χ1) is 13.8. The molecule has 1 aliphatic carbocycles. The fourth-order valence-corrected chi connectivity index (χ4v) is 4.94. The number of carbonyl (C=O) groups is 2. The van der Waals surface area contributed by atoms with Gasteiger partial charge in [0.1, 0.15) is 5.60 Å². The van der Waals surface area contributed by atoms with Crippen molar-refractivity contribution in [3.8, 4) is 0 Å². The summed E-state index contributed by atoms with van der Waals surface area (Å²) in [6.45, 7) is 6.53. The fourth-order valence-electron chi connectivity index (χ4n) is 4.94. The Kier molecular flexibility index (Phi) is 3.99. The van der Waals surface area contributed by atoms with Crippen LogP contribution in [0, 0.1) is 0 Å². The van der Waals surface area contributed by atoms with E-state index in [0.29, 0.717) is 6.42 Å². The molecule has 0 saturated heterocycles. The Morgan fingerprint density at radius 3 is 2.72 bits per heavy atom. The molecule has 5 rings (SSSR count). The summed E-state index contributed by atoms with van der Waals surface area (Å²) in [5.41, 5.74) is 4.51. The molecule has 0 spiro atoms. The Bertz CT molecular complexity index is 1100. The molecule has 0 amide bonds. The molecule has 3 heterocycles. The number of hydrogen-bond acceptors (Lipinski definition) is 4. The van der Waals surface area contributed by atoms with Gasteiger partial charge in [-0.05, 0) is 51.7 Å². The normalized spacial score (nSPS) is 21.1. The number of para-hydroxylation sites is 1. The molecule has 0 N–H and O–H groups in total. The van der Waals surface area contributed by atoms with Crippen molar-refractivity contribution in [2.75, 3.05) is 6.54 Å². The maximum atomic E-state index is 13.2. The van der Waals surface area contributed by atoms with E-state index in [1.54, 1.807) is 4.57 Å². The third kappa shape index (κ3) is 2.83. The van der Waals surface area contributed by atoms with Crippen LogP contribution in [0.25, 0.3) is 10.9 Å². The quantitative estimate of drug-likeness (QED) is 0.642. The van der Waals surface area contributed by atoms with Crippen molar-refractivity contribution in [3.05, 3.63) is 58.9 Å². The van der Waals surface area contributed by atoms with Crippen LogP contribution in [0.4, 0.5) is 4.79 Å². The minimum Gasteiger partial charge on any atom is -0.443 e. The lowest BCUT2D eigenvalue weighted by atomic mass is 9.86. The summed E-state index contributed by atoms with van der Waals surface area (Å²) in [6, 6.07) is 8.01. The number of carbonyl (C=O) groups excluding carboxylic acids is 2. The van der Waals surface area contributed by atoms with E-state index in [1.807, 2.05) is 45.0 Å². The van der Waals surface area contributed by atoms with Crippen molar-refractivity contribution in [1.29, 1.82) is 0 Å². The Morgan fingerprint density at radius 2 is 1.93 bits per heavy atom. The zero-order valence-corrected chi connectivity index (χ0v) is 17.2. The maximum absolute atomic E-state index is 13.2. The van der Waals surface area contributed by atoms with Crippen LogP contribution in [0.2, 0.25) is 0 Å². The molecule has 1 atom stereocenters. The van der Waals surface area contributed by atoms with Gasteiger partial charge in [-0.1, -0.05) is 30.4 Å². The van der Waals surface area contributed by atoms with Crippen LogP contribution in [0.3, 0.4) is 0 Å². The average molecular weight is 390 g/mol. The van der Waals surface area contributed by atoms with Gasteiger partial charge in [0.25, 0.3) is 0 Å². The smallest absolute Gasteiger partial charge is 0.419 e. The van der Waals surface area contributed by atoms with Crippen LogP contribution in [-0.2, 0) is 16.0 Å². The predicted molar refractivity (Wildman–Crippen MR) is 112 cm³/mol. The van der Waals surface area contributed by atoms with Gasteiger partial charge in [0.15, 0.2) is 5.78 Å². The third-order valence-corrected chi connectivity index (χ3v) is 6.04. The van der Waals surface area contributed by atoms with Crippen LogP contribution in [0.5, 0.6) is 0 Å². The number of nitrogens with zero attached hydrogens (tertiary/aromatic N) is 2. The van der Waals surface area contributed by atoms with Gasteiger partial charge >= 0.3 is 6.09 Å². The molecule has 29 heavy (non-hydrogen) atoms. The van der Waals surface area contributed by atoms with Crippen LogP contribution < -0.4 is 0 Å². The molecule has 0 fully saturated rings. The second-order valence-corrected chi connectivity index (χ2v) is 9.08. The largest absolute Gasteiger partial charge is 0.443 e. The van der Waals surface area contributed by atoms with E-state index in [9.17, 15) is 9.59 Å². The maximum Gasteiger partial charge on any atom is 0.419 e. The summed E-state index contributed by atoms with van der Waals surface area (Å²) >= 11 is 0. The summed E-state index contributed by atoms with van der Waals surface area (Å²) in [5, 5.41) is 1.11. The SMILES string of the molecule is CC(C)(C)OC(=O)n1c2c(c3ccccc31)CCN1C3=C(C=CC21)C(=O)CCC3. The Morgan fingerprint density at radius 1 is 1.14 bits per heavy atom. The number of fused-ring (bicyclic) bond motifs is 6. The third-order valence-electron chi connectivity index (χ3n) is 6.04. The second-order valence-electron chi connectivity index (χ2n) is 9.08. The van der Waals surface area contributed by atoms with Gasteiger partial charge in [-0.15, -0.1) is 0 Å². The lowest BCUT2D eigenvalue weighted by Crippen LogP contribution is -2.40. The van der Waals surface area contributed by atoms with Crippen LogP contribution >= 0.6 is 0 Å². The van der Waals surface area contributed by atoms with Crippen molar-refractivity contribution in [1.82, 2.24) is 9.47 Å². The molecule has 0 saturated carbocycles. The van der Waals surface area contributed by atoms with E-state index in [-0.39, 0.29) is 17.9 Å². The minimum atomic E-state index is -0.572. The number of rotatable bonds is 0. The van der Waals surface area contributed by atoms with E-state index in [1.165, 1.54) is 5.56 Å². The molecule has 150 valence electrons. The van der Waals surface area contributed by atoms with Crippen LogP contribution in [0.1, 0.15) is 57.3 Å². The van der Waals surface area contributed by atoms with Crippen LogP contribution in [0.15, 0.2) is 47.7 Å². The zero-order chi connectivity index (χ0) is 20.3. The summed E-state index contributed by atoms with van der Waals surface area (Å²) in [5.74, 6) is 0.236. The molecule has 0 radical (unpaired) electrons. The topological polar surface area (TPSA) is 51.5 Å². The molecule has 1 aromatic carbocycles. The minimum absolute atomic E-state index is 0.0525. The van der Waals surface area contributed by atoms with Gasteiger partial charge < -0.3 is 9.64 Å². The van der Waals surface area contributed by atoms with Gasteiger partial charge in [0.05, 0.1) is 17.3 Å². The van der Waals surface area contributed by atoms with E-state index in [4.69, 9.17) is 4.74 Å². The summed E-state index contributed by atoms with van der Waals surface area (Å²) in [6.07, 6.45) is 7.01. The van der Waals surface area contributed by atoms with Gasteiger partial charge in [0.2, 0.25) is 0 Å². The lowest BCUT2D eigenvalue weighted by molar-refractivity contribution is -0.116. The first-order valence-corrected chi connectivity index (χ1v) is 10.4. The average Bonchev–Trinajstić information content (AvgIpc) is 3.01. The monoisotopic (exact) mass is 390 g/mol. The van der Waals surface area contributed by atoms with Gasteiger partial charge in [-0.2, -0.15) is 0 Å². The standard InChI is InChI=1S/C24H26N2O3/c1-24(2,3)29-23(28)26-19-8-5-4-7-15(19)16-13-14-25-18-9-6-10-21(27)17(18)11-12-20(25)22(16)26/h4-5,7-8,11-12,20H,6,9-10,13-14H2,1-3H3. The first kappa shape index (κ1) is 18.2. The Labute approximate surface area is 170 Å². The van der Waals surface area contributed by atoms with Gasteiger partial charge in [-0.3, -0.25) is 4.79 Å². The molecular weight excluding hydrogens is 364 g/mol. The molecule has 1 unspecified atom stereocenters. The Balaban J connectivity index is 1.68. The van der Waals surface area contributed by atoms with Crippen LogP contribution in [-0.4, -0.2) is 33.5 Å². The van der Waals surface area contributed by atoms with Crippen molar-refractivity contribution >= 4 is 22.8 Å². The first-order valence-electron chi connectivity index (χ1n) is 10.4. The highest BCUT2D eigenvalue weighted by Gasteiger charge is 2.38. The van der Waals surface area contributed by atoms with Gasteiger partial charge in [0, 0.05) is 29.6 Å².